The second kappa shape index (κ2) is 6.28. The molecular weight excluding hydrogens is 232 g/mol. The third-order valence-electron chi connectivity index (χ3n) is 3.10. The molecule has 0 spiro atoms. The third-order valence-corrected chi connectivity index (χ3v) is 3.10. The Hall–Kier alpha value is -1.72. The zero-order valence-corrected chi connectivity index (χ0v) is 11.0. The Morgan fingerprint density at radius 2 is 1.83 bits per heavy atom. The largest absolute Gasteiger partial charge is 0.391 e. The van der Waals surface area contributed by atoms with Gasteiger partial charge in [0.25, 0.3) is 5.56 Å². The molecule has 1 heterocycles. The van der Waals surface area contributed by atoms with Crippen LogP contribution in [0.1, 0.15) is 52.0 Å². The molecule has 1 unspecified atom stereocenters. The zero-order chi connectivity index (χ0) is 13.7. The molecule has 0 aliphatic heterocycles. The van der Waals surface area contributed by atoms with Crippen LogP contribution in [0.25, 0.3) is 0 Å². The van der Waals surface area contributed by atoms with E-state index in [9.17, 15) is 9.59 Å². The van der Waals surface area contributed by atoms with Gasteiger partial charge in [-0.3, -0.25) is 14.3 Å². The van der Waals surface area contributed by atoms with Crippen molar-refractivity contribution in [3.8, 4) is 0 Å². The maximum atomic E-state index is 11.9. The fourth-order valence-corrected chi connectivity index (χ4v) is 2.12. The van der Waals surface area contributed by atoms with Crippen LogP contribution in [0.15, 0.2) is 9.59 Å². The van der Waals surface area contributed by atoms with Crippen molar-refractivity contribution >= 4 is 11.5 Å². The van der Waals surface area contributed by atoms with Gasteiger partial charge in [0, 0.05) is 6.04 Å². The molecule has 0 fully saturated rings. The van der Waals surface area contributed by atoms with Gasteiger partial charge >= 0.3 is 5.69 Å². The highest BCUT2D eigenvalue weighted by Gasteiger charge is 2.17. The molecular formula is C12H22N4O2. The van der Waals surface area contributed by atoms with Crippen LogP contribution in [0.3, 0.4) is 0 Å². The standard InChI is InChI=1S/C12H22N4O2/c1-3-5-7-8(6-4-2)16-10(14)9(13)11(17)15-12(16)18/h8H,3-7,13-14H2,1-2H3,(H,15,17,18). The van der Waals surface area contributed by atoms with E-state index < -0.39 is 11.2 Å². The van der Waals surface area contributed by atoms with Gasteiger partial charge in [0.15, 0.2) is 0 Å². The minimum absolute atomic E-state index is 0.00148. The smallest absolute Gasteiger partial charge is 0.330 e. The molecule has 0 aromatic carbocycles. The SMILES string of the molecule is CCCCC(CCC)n1c(N)c(N)c(=O)[nH]c1=O. The topological polar surface area (TPSA) is 107 Å². The van der Waals surface area contributed by atoms with E-state index in [1.54, 1.807) is 0 Å². The van der Waals surface area contributed by atoms with Gasteiger partial charge in [-0.15, -0.1) is 0 Å². The predicted octanol–water partition coefficient (Wildman–Crippen LogP) is 1.23. The van der Waals surface area contributed by atoms with Crippen molar-refractivity contribution < 1.29 is 0 Å². The summed E-state index contributed by atoms with van der Waals surface area (Å²) >= 11 is 0. The summed E-state index contributed by atoms with van der Waals surface area (Å²) < 4.78 is 1.43. The number of unbranched alkanes of at least 4 members (excludes halogenated alkanes) is 1. The Morgan fingerprint density at radius 1 is 1.17 bits per heavy atom. The third kappa shape index (κ3) is 2.94. The number of nitrogen functional groups attached to an aromatic ring is 2. The van der Waals surface area contributed by atoms with Gasteiger partial charge in [-0.05, 0) is 12.8 Å². The van der Waals surface area contributed by atoms with Crippen molar-refractivity contribution in [3.05, 3.63) is 20.8 Å². The van der Waals surface area contributed by atoms with Gasteiger partial charge in [0.05, 0.1) is 0 Å². The first-order valence-corrected chi connectivity index (χ1v) is 6.42. The molecule has 1 aromatic heterocycles. The molecule has 6 heteroatoms. The highest BCUT2D eigenvalue weighted by atomic mass is 16.2. The summed E-state index contributed by atoms with van der Waals surface area (Å²) in [4.78, 5) is 25.4. The quantitative estimate of drug-likeness (QED) is 0.709. The lowest BCUT2D eigenvalue weighted by molar-refractivity contribution is 0.406. The lowest BCUT2D eigenvalue weighted by atomic mass is 10.0. The van der Waals surface area contributed by atoms with E-state index in [2.05, 4.69) is 18.8 Å². The van der Waals surface area contributed by atoms with E-state index >= 15 is 0 Å². The molecule has 1 atom stereocenters. The van der Waals surface area contributed by atoms with Crippen LogP contribution in [0.5, 0.6) is 0 Å². The van der Waals surface area contributed by atoms with Crippen LogP contribution < -0.4 is 22.7 Å². The Labute approximate surface area is 106 Å². The van der Waals surface area contributed by atoms with E-state index in [0.29, 0.717) is 0 Å². The Morgan fingerprint density at radius 3 is 2.39 bits per heavy atom. The maximum Gasteiger partial charge on any atom is 0.330 e. The maximum absolute atomic E-state index is 11.9. The summed E-state index contributed by atoms with van der Waals surface area (Å²) in [6.45, 7) is 4.14. The van der Waals surface area contributed by atoms with E-state index in [1.165, 1.54) is 4.57 Å². The van der Waals surface area contributed by atoms with Crippen molar-refractivity contribution in [3.63, 3.8) is 0 Å². The van der Waals surface area contributed by atoms with Gasteiger partial charge < -0.3 is 11.5 Å². The van der Waals surface area contributed by atoms with E-state index in [4.69, 9.17) is 11.5 Å². The Balaban J connectivity index is 3.23. The van der Waals surface area contributed by atoms with E-state index in [1.807, 2.05) is 0 Å². The Bertz CT molecular complexity index is 504. The average molecular weight is 254 g/mol. The normalized spacial score (nSPS) is 12.6. The van der Waals surface area contributed by atoms with E-state index in [0.717, 1.165) is 32.1 Å². The molecule has 0 saturated heterocycles. The average Bonchev–Trinajstić information content (AvgIpc) is 2.33. The lowest BCUT2D eigenvalue weighted by Crippen LogP contribution is -2.36. The van der Waals surface area contributed by atoms with E-state index in [-0.39, 0.29) is 17.5 Å². The van der Waals surface area contributed by atoms with Crippen molar-refractivity contribution in [2.75, 3.05) is 11.5 Å². The van der Waals surface area contributed by atoms with Crippen molar-refractivity contribution in [1.82, 2.24) is 9.55 Å². The van der Waals surface area contributed by atoms with Gasteiger partial charge in [0.1, 0.15) is 11.5 Å². The number of rotatable bonds is 6. The molecule has 18 heavy (non-hydrogen) atoms. The first kappa shape index (κ1) is 14.3. The van der Waals surface area contributed by atoms with Gasteiger partial charge in [-0.2, -0.15) is 0 Å². The summed E-state index contributed by atoms with van der Waals surface area (Å²) in [6, 6.07) is 0.00148. The van der Waals surface area contributed by atoms with Crippen LogP contribution in [0.4, 0.5) is 11.5 Å². The highest BCUT2D eigenvalue weighted by Crippen LogP contribution is 2.22. The summed E-state index contributed by atoms with van der Waals surface area (Å²) in [5.41, 5.74) is 10.2. The first-order valence-electron chi connectivity index (χ1n) is 6.42. The molecule has 6 nitrogen and oxygen atoms in total. The summed E-state index contributed by atoms with van der Waals surface area (Å²) in [5, 5.41) is 0. The molecule has 0 bridgehead atoms. The Kier molecular flexibility index (Phi) is 5.00. The van der Waals surface area contributed by atoms with Crippen LogP contribution >= 0.6 is 0 Å². The second-order valence-corrected chi connectivity index (χ2v) is 4.51. The summed E-state index contributed by atoms with van der Waals surface area (Å²) in [7, 11) is 0. The number of H-pyrrole nitrogens is 1. The molecule has 102 valence electrons. The molecule has 5 N–H and O–H groups in total. The van der Waals surface area contributed by atoms with Gasteiger partial charge in [0.2, 0.25) is 0 Å². The van der Waals surface area contributed by atoms with Crippen LogP contribution in [-0.4, -0.2) is 9.55 Å². The van der Waals surface area contributed by atoms with Gasteiger partial charge in [-0.25, -0.2) is 4.79 Å². The van der Waals surface area contributed by atoms with Crippen molar-refractivity contribution in [1.29, 1.82) is 0 Å². The van der Waals surface area contributed by atoms with Crippen molar-refractivity contribution in [2.24, 2.45) is 0 Å². The number of hydrogen-bond donors (Lipinski definition) is 3. The number of nitrogens with one attached hydrogen (secondary N) is 1. The fourth-order valence-electron chi connectivity index (χ4n) is 2.12. The minimum atomic E-state index is -0.612. The zero-order valence-electron chi connectivity index (χ0n) is 11.0. The first-order chi connectivity index (χ1) is 8.52. The van der Waals surface area contributed by atoms with Crippen LogP contribution in [-0.2, 0) is 0 Å². The fraction of sp³-hybridized carbons (Fsp3) is 0.667. The van der Waals surface area contributed by atoms with Gasteiger partial charge in [-0.1, -0.05) is 33.1 Å². The molecule has 0 radical (unpaired) electrons. The number of anilines is 2. The number of nitrogens with two attached hydrogens (primary N) is 2. The lowest BCUT2D eigenvalue weighted by Gasteiger charge is -2.21. The molecule has 0 saturated carbocycles. The number of nitrogens with zero attached hydrogens (tertiary/aromatic N) is 1. The predicted molar refractivity (Wildman–Crippen MR) is 73.6 cm³/mol. The summed E-state index contributed by atoms with van der Waals surface area (Å²) in [5.74, 6) is 0.0818. The molecule has 1 rings (SSSR count). The molecule has 0 aliphatic rings. The molecule has 1 aromatic rings. The monoisotopic (exact) mass is 254 g/mol. The number of hydrogen-bond acceptors (Lipinski definition) is 4. The van der Waals surface area contributed by atoms with Crippen LogP contribution in [0.2, 0.25) is 0 Å². The molecule has 0 aliphatic carbocycles. The summed E-state index contributed by atoms with van der Waals surface area (Å²) in [6.07, 6.45) is 4.71. The molecule has 0 amide bonds. The van der Waals surface area contributed by atoms with Crippen LogP contribution in [0, 0.1) is 0 Å². The number of aromatic amines is 1. The highest BCUT2D eigenvalue weighted by molar-refractivity contribution is 5.56. The van der Waals surface area contributed by atoms with Crippen molar-refractivity contribution in [2.45, 2.75) is 52.0 Å². The second-order valence-electron chi connectivity index (χ2n) is 4.51. The number of aromatic nitrogens is 2. The minimum Gasteiger partial charge on any atom is -0.391 e.